The van der Waals surface area contributed by atoms with E-state index in [1.54, 1.807) is 20.5 Å². The Labute approximate surface area is 127 Å². The van der Waals surface area contributed by atoms with Gasteiger partial charge in [0.05, 0.1) is 32.7 Å². The van der Waals surface area contributed by atoms with Crippen LogP contribution in [0.5, 0.6) is 5.75 Å². The van der Waals surface area contributed by atoms with E-state index in [-0.39, 0.29) is 12.2 Å². The fraction of sp³-hybridized carbons (Fsp3) is 0.529. The van der Waals surface area contributed by atoms with Crippen molar-refractivity contribution in [1.29, 1.82) is 0 Å². The summed E-state index contributed by atoms with van der Waals surface area (Å²) < 4.78 is 21.5. The fourth-order valence-electron chi connectivity index (χ4n) is 1.76. The first-order chi connectivity index (χ1) is 10.1. The maximum atomic E-state index is 5.68. The summed E-state index contributed by atoms with van der Waals surface area (Å²) in [5.41, 5.74) is 2.17. The summed E-state index contributed by atoms with van der Waals surface area (Å²) >= 11 is 0. The van der Waals surface area contributed by atoms with E-state index >= 15 is 0 Å². The SMILES string of the molecule is COCC(C)OCC(C)OC=C(C)c1ccc(OC)cc1. The van der Waals surface area contributed by atoms with Crippen LogP contribution in [-0.4, -0.2) is 39.6 Å². The fourth-order valence-corrected chi connectivity index (χ4v) is 1.76. The van der Waals surface area contributed by atoms with Gasteiger partial charge in [0.2, 0.25) is 0 Å². The summed E-state index contributed by atoms with van der Waals surface area (Å²) in [6.07, 6.45) is 1.85. The van der Waals surface area contributed by atoms with Crippen LogP contribution >= 0.6 is 0 Å². The van der Waals surface area contributed by atoms with E-state index in [0.717, 1.165) is 16.9 Å². The third kappa shape index (κ3) is 6.65. The van der Waals surface area contributed by atoms with E-state index in [4.69, 9.17) is 18.9 Å². The highest BCUT2D eigenvalue weighted by Crippen LogP contribution is 2.18. The van der Waals surface area contributed by atoms with Crippen LogP contribution < -0.4 is 4.74 Å². The molecule has 0 aliphatic carbocycles. The van der Waals surface area contributed by atoms with Gasteiger partial charge in [0.15, 0.2) is 0 Å². The highest BCUT2D eigenvalue weighted by atomic mass is 16.5. The lowest BCUT2D eigenvalue weighted by molar-refractivity contribution is -0.0302. The quantitative estimate of drug-likeness (QED) is 0.653. The van der Waals surface area contributed by atoms with Gasteiger partial charge in [-0.25, -0.2) is 0 Å². The van der Waals surface area contributed by atoms with Crippen molar-refractivity contribution in [1.82, 2.24) is 0 Å². The van der Waals surface area contributed by atoms with Crippen LogP contribution in [0.4, 0.5) is 0 Å². The highest BCUT2D eigenvalue weighted by molar-refractivity contribution is 5.63. The van der Waals surface area contributed by atoms with Crippen LogP contribution in [0.15, 0.2) is 30.5 Å². The number of hydrogen-bond acceptors (Lipinski definition) is 4. The first-order valence-electron chi connectivity index (χ1n) is 7.14. The minimum Gasteiger partial charge on any atom is -0.497 e. The molecule has 0 aliphatic heterocycles. The molecule has 0 N–H and O–H groups in total. The monoisotopic (exact) mass is 294 g/mol. The van der Waals surface area contributed by atoms with Crippen LogP contribution in [-0.2, 0) is 14.2 Å². The standard InChI is InChI=1S/C17H26O4/c1-13(16-6-8-17(19-5)9-7-16)10-20-15(3)12-21-14(2)11-18-4/h6-10,14-15H,11-12H2,1-5H3. The molecule has 0 radical (unpaired) electrons. The van der Waals surface area contributed by atoms with Gasteiger partial charge in [-0.15, -0.1) is 0 Å². The molecule has 4 heteroatoms. The van der Waals surface area contributed by atoms with Crippen LogP contribution in [0.2, 0.25) is 0 Å². The predicted octanol–water partition coefficient (Wildman–Crippen LogP) is 3.51. The van der Waals surface area contributed by atoms with E-state index in [2.05, 4.69) is 0 Å². The molecule has 0 bridgehead atoms. The number of rotatable bonds is 9. The smallest absolute Gasteiger partial charge is 0.118 e. The molecule has 2 atom stereocenters. The van der Waals surface area contributed by atoms with Gasteiger partial charge in [-0.1, -0.05) is 12.1 Å². The second-order valence-corrected chi connectivity index (χ2v) is 5.08. The summed E-state index contributed by atoms with van der Waals surface area (Å²) in [4.78, 5) is 0. The predicted molar refractivity (Wildman–Crippen MR) is 84.5 cm³/mol. The lowest BCUT2D eigenvalue weighted by atomic mass is 10.1. The van der Waals surface area contributed by atoms with Crippen molar-refractivity contribution >= 4 is 5.57 Å². The molecule has 1 aromatic rings. The Morgan fingerprint density at radius 1 is 1.05 bits per heavy atom. The molecular formula is C17H26O4. The summed E-state index contributed by atoms with van der Waals surface area (Å²) in [5.74, 6) is 0.848. The Kier molecular flexibility index (Phi) is 7.87. The zero-order valence-corrected chi connectivity index (χ0v) is 13.6. The summed E-state index contributed by atoms with van der Waals surface area (Å²) in [7, 11) is 3.33. The second-order valence-electron chi connectivity index (χ2n) is 5.08. The Morgan fingerprint density at radius 3 is 2.29 bits per heavy atom. The summed E-state index contributed by atoms with van der Waals surface area (Å²) in [5, 5.41) is 0. The topological polar surface area (TPSA) is 36.9 Å². The summed E-state index contributed by atoms with van der Waals surface area (Å²) in [6, 6.07) is 7.89. The minimum absolute atomic E-state index is 0.00231. The largest absolute Gasteiger partial charge is 0.497 e. The molecule has 0 heterocycles. The van der Waals surface area contributed by atoms with Crippen molar-refractivity contribution in [3.8, 4) is 5.75 Å². The average Bonchev–Trinajstić information content (AvgIpc) is 2.51. The maximum absolute atomic E-state index is 5.68. The van der Waals surface area contributed by atoms with E-state index in [0.29, 0.717) is 13.2 Å². The zero-order chi connectivity index (χ0) is 15.7. The molecule has 4 nitrogen and oxygen atoms in total. The van der Waals surface area contributed by atoms with Gasteiger partial charge in [-0.2, -0.15) is 0 Å². The van der Waals surface area contributed by atoms with Gasteiger partial charge in [-0.05, 0) is 44.0 Å². The minimum atomic E-state index is -0.00231. The number of hydrogen-bond donors (Lipinski definition) is 0. The van der Waals surface area contributed by atoms with Crippen molar-refractivity contribution in [2.75, 3.05) is 27.4 Å². The molecule has 0 fully saturated rings. The molecule has 0 spiro atoms. The molecule has 0 saturated carbocycles. The Bertz CT molecular complexity index is 425. The third-order valence-corrected chi connectivity index (χ3v) is 3.04. The summed E-state index contributed by atoms with van der Waals surface area (Å²) in [6.45, 7) is 7.11. The number of benzene rings is 1. The lowest BCUT2D eigenvalue weighted by Gasteiger charge is -2.16. The van der Waals surface area contributed by atoms with Crippen LogP contribution in [0.3, 0.4) is 0 Å². The molecule has 21 heavy (non-hydrogen) atoms. The maximum Gasteiger partial charge on any atom is 0.118 e. The van der Waals surface area contributed by atoms with Gasteiger partial charge >= 0.3 is 0 Å². The Balaban J connectivity index is 2.43. The van der Waals surface area contributed by atoms with Crippen molar-refractivity contribution in [2.45, 2.75) is 33.0 Å². The number of ether oxygens (including phenoxy) is 4. The zero-order valence-electron chi connectivity index (χ0n) is 13.6. The third-order valence-electron chi connectivity index (χ3n) is 3.04. The van der Waals surface area contributed by atoms with E-state index in [1.165, 1.54) is 0 Å². The van der Waals surface area contributed by atoms with E-state index < -0.39 is 0 Å². The normalized spacial score (nSPS) is 14.6. The molecule has 118 valence electrons. The first-order valence-corrected chi connectivity index (χ1v) is 7.14. The number of allylic oxidation sites excluding steroid dienone is 1. The number of methoxy groups -OCH3 is 2. The van der Waals surface area contributed by atoms with Crippen LogP contribution in [0, 0.1) is 0 Å². The molecule has 0 amide bonds. The van der Waals surface area contributed by atoms with E-state index in [9.17, 15) is 0 Å². The van der Waals surface area contributed by atoms with Gasteiger partial charge in [0.1, 0.15) is 11.9 Å². The molecular weight excluding hydrogens is 268 g/mol. The van der Waals surface area contributed by atoms with Crippen LogP contribution in [0.25, 0.3) is 5.57 Å². The second kappa shape index (κ2) is 9.42. The Morgan fingerprint density at radius 2 is 1.71 bits per heavy atom. The molecule has 1 aromatic carbocycles. The average molecular weight is 294 g/mol. The Hall–Kier alpha value is -1.52. The van der Waals surface area contributed by atoms with Crippen molar-refractivity contribution < 1.29 is 18.9 Å². The molecule has 0 aliphatic rings. The van der Waals surface area contributed by atoms with E-state index in [1.807, 2.05) is 45.0 Å². The van der Waals surface area contributed by atoms with Crippen molar-refractivity contribution in [3.63, 3.8) is 0 Å². The first kappa shape index (κ1) is 17.5. The molecule has 1 rings (SSSR count). The van der Waals surface area contributed by atoms with Gasteiger partial charge in [0, 0.05) is 7.11 Å². The van der Waals surface area contributed by atoms with Gasteiger partial charge in [0.25, 0.3) is 0 Å². The molecule has 0 saturated heterocycles. The van der Waals surface area contributed by atoms with Gasteiger partial charge < -0.3 is 18.9 Å². The van der Waals surface area contributed by atoms with Crippen molar-refractivity contribution in [3.05, 3.63) is 36.1 Å². The molecule has 0 aromatic heterocycles. The lowest BCUT2D eigenvalue weighted by Crippen LogP contribution is -2.21. The van der Waals surface area contributed by atoms with Crippen LogP contribution in [0.1, 0.15) is 26.3 Å². The molecule has 2 unspecified atom stereocenters. The van der Waals surface area contributed by atoms with Gasteiger partial charge in [-0.3, -0.25) is 0 Å². The highest BCUT2D eigenvalue weighted by Gasteiger charge is 2.06. The van der Waals surface area contributed by atoms with Crippen molar-refractivity contribution in [2.24, 2.45) is 0 Å².